The smallest absolute Gasteiger partial charge is 0.361 e. The van der Waals surface area contributed by atoms with E-state index in [2.05, 4.69) is 29.9 Å². The van der Waals surface area contributed by atoms with Gasteiger partial charge < -0.3 is 14.2 Å². The molecule has 1 aliphatic rings. The van der Waals surface area contributed by atoms with Crippen LogP contribution in [0.15, 0.2) is 54.6 Å². The summed E-state index contributed by atoms with van der Waals surface area (Å²) < 4.78 is 7.37. The van der Waals surface area contributed by atoms with Crippen molar-refractivity contribution in [3.63, 3.8) is 0 Å². The summed E-state index contributed by atoms with van der Waals surface area (Å²) in [6.45, 7) is 3.96. The predicted molar refractivity (Wildman–Crippen MR) is 112 cm³/mol. The molecule has 0 radical (unpaired) electrons. The number of carbonyl (C=O) groups is 1. The summed E-state index contributed by atoms with van der Waals surface area (Å²) in [5, 5.41) is 18.1. The van der Waals surface area contributed by atoms with Crippen LogP contribution in [0.25, 0.3) is 22.3 Å². The Morgan fingerprint density at radius 2 is 1.77 bits per heavy atom. The van der Waals surface area contributed by atoms with E-state index < -0.39 is 5.97 Å². The number of rotatable bonds is 4. The zero-order valence-corrected chi connectivity index (χ0v) is 16.5. The lowest BCUT2D eigenvalue weighted by molar-refractivity contribution is 0.0519. The first-order valence-corrected chi connectivity index (χ1v) is 9.91. The van der Waals surface area contributed by atoms with Crippen LogP contribution >= 0.6 is 0 Å². The first kappa shape index (κ1) is 18.2. The Kier molecular flexibility index (Phi) is 4.59. The maximum atomic E-state index is 12.6. The van der Waals surface area contributed by atoms with Crippen molar-refractivity contribution in [2.24, 2.45) is 0 Å². The van der Waals surface area contributed by atoms with Gasteiger partial charge in [-0.1, -0.05) is 48.5 Å². The van der Waals surface area contributed by atoms with Crippen LogP contribution in [-0.2, 0) is 17.8 Å². The second-order valence-electron chi connectivity index (χ2n) is 7.01. The molecule has 0 atom stereocenters. The molecule has 8 nitrogen and oxygen atoms in total. The molecular weight excluding hydrogens is 380 g/mol. The molecule has 150 valence electrons. The van der Waals surface area contributed by atoms with E-state index >= 15 is 0 Å². The second kappa shape index (κ2) is 7.55. The molecule has 0 aliphatic carbocycles. The fraction of sp³-hybridized carbons (Fsp3) is 0.227. The number of hydrogen-bond acceptors (Lipinski definition) is 7. The van der Waals surface area contributed by atoms with Crippen molar-refractivity contribution in [3.05, 3.63) is 66.1 Å². The monoisotopic (exact) mass is 400 g/mol. The Balaban J connectivity index is 1.57. The number of hydrogen-bond donors (Lipinski definition) is 0. The van der Waals surface area contributed by atoms with Gasteiger partial charge in [0.25, 0.3) is 0 Å². The van der Waals surface area contributed by atoms with E-state index in [9.17, 15) is 4.79 Å². The fourth-order valence-corrected chi connectivity index (χ4v) is 3.85. The summed E-state index contributed by atoms with van der Waals surface area (Å²) >= 11 is 0. The van der Waals surface area contributed by atoms with E-state index in [1.807, 2.05) is 54.6 Å². The van der Waals surface area contributed by atoms with Gasteiger partial charge in [-0.05, 0) is 13.0 Å². The van der Waals surface area contributed by atoms with Gasteiger partial charge >= 0.3 is 5.97 Å². The number of aromatic nitrogens is 5. The fourth-order valence-electron chi connectivity index (χ4n) is 3.85. The van der Waals surface area contributed by atoms with Gasteiger partial charge in [-0.25, -0.2) is 4.79 Å². The van der Waals surface area contributed by atoms with Gasteiger partial charge in [0.2, 0.25) is 0 Å². The largest absolute Gasteiger partial charge is 0.461 e. The predicted octanol–water partition coefficient (Wildman–Crippen LogP) is 3.09. The lowest BCUT2D eigenvalue weighted by Crippen LogP contribution is -2.35. The molecule has 4 aromatic rings. The van der Waals surface area contributed by atoms with Crippen LogP contribution < -0.4 is 4.90 Å². The Labute approximate surface area is 173 Å². The van der Waals surface area contributed by atoms with E-state index in [1.54, 1.807) is 6.92 Å². The van der Waals surface area contributed by atoms with Crippen molar-refractivity contribution < 1.29 is 9.53 Å². The van der Waals surface area contributed by atoms with Gasteiger partial charge in [-0.15, -0.1) is 20.4 Å². The molecule has 0 amide bonds. The third-order valence-corrected chi connectivity index (χ3v) is 5.21. The van der Waals surface area contributed by atoms with Gasteiger partial charge in [0.1, 0.15) is 0 Å². The van der Waals surface area contributed by atoms with Crippen molar-refractivity contribution >= 4 is 22.6 Å². The van der Waals surface area contributed by atoms with Crippen molar-refractivity contribution in [2.45, 2.75) is 20.0 Å². The first-order chi connectivity index (χ1) is 14.8. The normalized spacial score (nSPS) is 13.3. The summed E-state index contributed by atoms with van der Waals surface area (Å²) in [6, 6.07) is 17.7. The molecule has 0 saturated carbocycles. The standard InChI is InChI=1S/C22H20N6O2/c1-2-30-22(29)19-20(16-10-6-7-11-17(16)23-25-19)27-12-13-28-18(14-27)24-26-21(28)15-8-4-3-5-9-15/h3-11H,2,12-14H2,1H3. The maximum absolute atomic E-state index is 12.6. The zero-order valence-electron chi connectivity index (χ0n) is 16.5. The summed E-state index contributed by atoms with van der Waals surface area (Å²) in [5.41, 5.74) is 2.73. The number of fused-ring (bicyclic) bond motifs is 2. The van der Waals surface area contributed by atoms with Crippen LogP contribution in [0, 0.1) is 0 Å². The average molecular weight is 400 g/mol. The average Bonchev–Trinajstić information content (AvgIpc) is 3.22. The molecule has 2 aromatic heterocycles. The molecular formula is C22H20N6O2. The molecule has 2 aromatic carbocycles. The van der Waals surface area contributed by atoms with Gasteiger partial charge in [0.05, 0.1) is 24.4 Å². The Hall–Kier alpha value is -3.81. The maximum Gasteiger partial charge on any atom is 0.361 e. The number of ether oxygens (including phenoxy) is 1. The molecule has 8 heteroatoms. The molecule has 3 heterocycles. The third-order valence-electron chi connectivity index (χ3n) is 5.21. The molecule has 0 fully saturated rings. The molecule has 0 spiro atoms. The topological polar surface area (TPSA) is 86.0 Å². The van der Waals surface area contributed by atoms with E-state index in [0.717, 1.165) is 33.8 Å². The lowest BCUT2D eigenvalue weighted by Gasteiger charge is -2.31. The van der Waals surface area contributed by atoms with Crippen LogP contribution in [0.4, 0.5) is 5.69 Å². The zero-order chi connectivity index (χ0) is 20.5. The molecule has 5 rings (SSSR count). The van der Waals surface area contributed by atoms with Crippen molar-refractivity contribution in [1.29, 1.82) is 0 Å². The quantitative estimate of drug-likeness (QED) is 0.487. The first-order valence-electron chi connectivity index (χ1n) is 9.91. The SMILES string of the molecule is CCOC(=O)c1nnc2ccccc2c1N1CCn2c(nnc2-c2ccccc2)C1. The van der Waals surface area contributed by atoms with Crippen LogP contribution in [0.2, 0.25) is 0 Å². The lowest BCUT2D eigenvalue weighted by atomic mass is 10.1. The number of nitrogens with zero attached hydrogens (tertiary/aromatic N) is 6. The molecule has 0 bridgehead atoms. The second-order valence-corrected chi connectivity index (χ2v) is 7.01. The highest BCUT2D eigenvalue weighted by Gasteiger charge is 2.28. The molecule has 0 N–H and O–H groups in total. The van der Waals surface area contributed by atoms with Gasteiger partial charge in [0, 0.05) is 24.0 Å². The third kappa shape index (κ3) is 3.06. The summed E-state index contributed by atoms with van der Waals surface area (Å²) in [7, 11) is 0. The van der Waals surface area contributed by atoms with Crippen LogP contribution in [0.3, 0.4) is 0 Å². The summed E-state index contributed by atoms with van der Waals surface area (Å²) in [6.07, 6.45) is 0. The summed E-state index contributed by atoms with van der Waals surface area (Å²) in [4.78, 5) is 14.7. The minimum atomic E-state index is -0.470. The van der Waals surface area contributed by atoms with Crippen molar-refractivity contribution in [1.82, 2.24) is 25.0 Å². The Morgan fingerprint density at radius 1 is 0.967 bits per heavy atom. The Morgan fingerprint density at radius 3 is 2.60 bits per heavy atom. The number of anilines is 1. The molecule has 1 aliphatic heterocycles. The molecule has 0 saturated heterocycles. The van der Waals surface area contributed by atoms with Crippen LogP contribution in [0.5, 0.6) is 0 Å². The van der Waals surface area contributed by atoms with Crippen LogP contribution in [-0.4, -0.2) is 44.1 Å². The highest BCUT2D eigenvalue weighted by Crippen LogP contribution is 2.32. The highest BCUT2D eigenvalue weighted by molar-refractivity contribution is 6.03. The van der Waals surface area contributed by atoms with Gasteiger partial charge in [-0.2, -0.15) is 0 Å². The minimum absolute atomic E-state index is 0.229. The molecule has 0 unspecified atom stereocenters. The minimum Gasteiger partial charge on any atom is -0.461 e. The molecule has 30 heavy (non-hydrogen) atoms. The number of benzene rings is 2. The van der Waals surface area contributed by atoms with Crippen molar-refractivity contribution in [2.75, 3.05) is 18.1 Å². The Bertz CT molecular complexity index is 1220. The summed E-state index contributed by atoms with van der Waals surface area (Å²) in [5.74, 6) is 1.23. The number of carbonyl (C=O) groups excluding carboxylic acids is 1. The van der Waals surface area contributed by atoms with E-state index in [4.69, 9.17) is 4.74 Å². The van der Waals surface area contributed by atoms with E-state index in [1.165, 1.54) is 0 Å². The van der Waals surface area contributed by atoms with E-state index in [-0.39, 0.29) is 12.3 Å². The highest BCUT2D eigenvalue weighted by atomic mass is 16.5. The van der Waals surface area contributed by atoms with Gasteiger partial charge in [0.15, 0.2) is 17.3 Å². The number of esters is 1. The van der Waals surface area contributed by atoms with Crippen molar-refractivity contribution in [3.8, 4) is 11.4 Å². The van der Waals surface area contributed by atoms with Gasteiger partial charge in [-0.3, -0.25) is 0 Å². The van der Waals surface area contributed by atoms with Crippen LogP contribution in [0.1, 0.15) is 23.2 Å². The van der Waals surface area contributed by atoms with E-state index in [0.29, 0.717) is 19.6 Å².